The highest BCUT2D eigenvalue weighted by molar-refractivity contribution is 5.99. The summed E-state index contributed by atoms with van der Waals surface area (Å²) in [7, 11) is 0. The number of nitrogens with two attached hydrogens (primary N) is 1. The Hall–Kier alpha value is -2.33. The van der Waals surface area contributed by atoms with E-state index in [0.29, 0.717) is 17.8 Å². The molecule has 0 heterocycles. The van der Waals surface area contributed by atoms with E-state index in [0.717, 1.165) is 16.8 Å². The molecule has 0 fully saturated rings. The number of nitrogen functional groups attached to an aromatic ring is 1. The molecule has 2 rings (SSSR count). The molecule has 0 atom stereocenters. The molecule has 4 N–H and O–H groups in total. The smallest absolute Gasteiger partial charge is 0.161 e. The van der Waals surface area contributed by atoms with Crippen LogP contribution in [0.15, 0.2) is 42.5 Å². The number of aliphatic hydroxyl groups is 1. The minimum Gasteiger partial charge on any atom is -0.398 e. The van der Waals surface area contributed by atoms with E-state index >= 15 is 0 Å². The number of anilines is 2. The lowest BCUT2D eigenvalue weighted by Crippen LogP contribution is -2.03. The van der Waals surface area contributed by atoms with Crippen LogP contribution >= 0.6 is 0 Å². The molecule has 0 aliphatic heterocycles. The van der Waals surface area contributed by atoms with E-state index in [4.69, 9.17) is 10.8 Å². The van der Waals surface area contributed by atoms with Gasteiger partial charge in [-0.2, -0.15) is 0 Å². The maximum atomic E-state index is 11.3. The molecule has 20 heavy (non-hydrogen) atoms. The van der Waals surface area contributed by atoms with E-state index in [1.165, 1.54) is 6.92 Å². The van der Waals surface area contributed by atoms with Crippen LogP contribution in [0.3, 0.4) is 0 Å². The van der Waals surface area contributed by atoms with Crippen LogP contribution in [-0.4, -0.2) is 10.9 Å². The zero-order chi connectivity index (χ0) is 14.5. The lowest BCUT2D eigenvalue weighted by Gasteiger charge is -2.10. The molecule has 2 aromatic carbocycles. The van der Waals surface area contributed by atoms with Crippen LogP contribution in [0.4, 0.5) is 11.4 Å². The highest BCUT2D eigenvalue weighted by Crippen LogP contribution is 2.19. The van der Waals surface area contributed by atoms with Gasteiger partial charge in [0.2, 0.25) is 0 Å². The Kier molecular flexibility index (Phi) is 4.38. The molecule has 0 radical (unpaired) electrons. The molecule has 0 aromatic heterocycles. The van der Waals surface area contributed by atoms with E-state index in [2.05, 4.69) is 5.32 Å². The molecular formula is C16H18N2O2. The normalized spacial score (nSPS) is 10.3. The summed E-state index contributed by atoms with van der Waals surface area (Å²) in [4.78, 5) is 11.3. The number of carbonyl (C=O) groups excluding carboxylic acids is 1. The Labute approximate surface area is 118 Å². The first-order chi connectivity index (χ1) is 9.60. The van der Waals surface area contributed by atoms with Crippen molar-refractivity contribution in [3.05, 3.63) is 59.2 Å². The summed E-state index contributed by atoms with van der Waals surface area (Å²) >= 11 is 0. The minimum atomic E-state index is -0.0373. The fourth-order valence-electron chi connectivity index (χ4n) is 2.04. The highest BCUT2D eigenvalue weighted by Gasteiger charge is 2.05. The second-order valence-corrected chi connectivity index (χ2v) is 4.69. The van der Waals surface area contributed by atoms with Crippen LogP contribution < -0.4 is 11.1 Å². The van der Waals surface area contributed by atoms with Crippen LogP contribution in [0.5, 0.6) is 0 Å². The maximum absolute atomic E-state index is 11.3. The number of hydrogen-bond acceptors (Lipinski definition) is 4. The zero-order valence-electron chi connectivity index (χ0n) is 11.4. The van der Waals surface area contributed by atoms with Gasteiger partial charge in [0.25, 0.3) is 0 Å². The number of ketones is 1. The van der Waals surface area contributed by atoms with Gasteiger partial charge in [0.05, 0.1) is 6.61 Å². The maximum Gasteiger partial charge on any atom is 0.161 e. The molecular weight excluding hydrogens is 252 g/mol. The van der Waals surface area contributed by atoms with Crippen molar-refractivity contribution < 1.29 is 9.90 Å². The number of Topliss-reactive ketones (excluding diaryl/α,β-unsaturated/α-hetero) is 1. The number of aliphatic hydroxyl groups excluding tert-OH is 1. The van der Waals surface area contributed by atoms with Crippen LogP contribution in [0.2, 0.25) is 0 Å². The predicted molar refractivity (Wildman–Crippen MR) is 80.6 cm³/mol. The Bertz CT molecular complexity index is 624. The average Bonchev–Trinajstić information content (AvgIpc) is 2.45. The number of benzene rings is 2. The quantitative estimate of drug-likeness (QED) is 0.576. The molecule has 0 saturated carbocycles. The summed E-state index contributed by atoms with van der Waals surface area (Å²) in [5, 5.41) is 12.3. The summed E-state index contributed by atoms with van der Waals surface area (Å²) < 4.78 is 0. The Balaban J connectivity index is 2.07. The number of rotatable bonds is 5. The standard InChI is InChI=1S/C16H18N2O2/c1-11(20)15-6-5-14(8-16(15)17)18-9-12-3-2-4-13(7-12)10-19/h2-8,18-19H,9-10,17H2,1H3. The first-order valence-corrected chi connectivity index (χ1v) is 6.43. The molecule has 0 bridgehead atoms. The Morgan fingerprint density at radius 1 is 1.20 bits per heavy atom. The van der Waals surface area contributed by atoms with Gasteiger partial charge in [-0.3, -0.25) is 4.79 Å². The molecule has 0 unspecified atom stereocenters. The third-order valence-corrected chi connectivity index (χ3v) is 3.10. The summed E-state index contributed by atoms with van der Waals surface area (Å²) in [5.41, 5.74) is 9.68. The van der Waals surface area contributed by atoms with Gasteiger partial charge in [-0.1, -0.05) is 24.3 Å². The molecule has 104 valence electrons. The number of hydrogen-bond donors (Lipinski definition) is 3. The van der Waals surface area contributed by atoms with E-state index in [1.807, 2.05) is 30.3 Å². The zero-order valence-corrected chi connectivity index (χ0v) is 11.4. The van der Waals surface area contributed by atoms with Gasteiger partial charge < -0.3 is 16.2 Å². The van der Waals surface area contributed by atoms with Gasteiger partial charge >= 0.3 is 0 Å². The fraction of sp³-hybridized carbons (Fsp3) is 0.188. The third kappa shape index (κ3) is 3.36. The van der Waals surface area contributed by atoms with Crippen molar-refractivity contribution in [2.24, 2.45) is 0 Å². The van der Waals surface area contributed by atoms with E-state index in [1.54, 1.807) is 12.1 Å². The average molecular weight is 270 g/mol. The van der Waals surface area contributed by atoms with Crippen molar-refractivity contribution in [2.45, 2.75) is 20.1 Å². The van der Waals surface area contributed by atoms with Gasteiger partial charge in [0, 0.05) is 23.5 Å². The van der Waals surface area contributed by atoms with Gasteiger partial charge in [0.15, 0.2) is 5.78 Å². The minimum absolute atomic E-state index is 0.0358. The molecule has 0 aliphatic carbocycles. The van der Waals surface area contributed by atoms with E-state index in [9.17, 15) is 4.79 Å². The summed E-state index contributed by atoms with van der Waals surface area (Å²) in [6.45, 7) is 2.17. The molecule has 0 amide bonds. The summed E-state index contributed by atoms with van der Waals surface area (Å²) in [6, 6.07) is 13.0. The van der Waals surface area contributed by atoms with E-state index in [-0.39, 0.29) is 12.4 Å². The lowest BCUT2D eigenvalue weighted by atomic mass is 10.1. The van der Waals surface area contributed by atoms with Crippen LogP contribution in [0, 0.1) is 0 Å². The van der Waals surface area contributed by atoms with Crippen LogP contribution in [0.25, 0.3) is 0 Å². The van der Waals surface area contributed by atoms with E-state index < -0.39 is 0 Å². The topological polar surface area (TPSA) is 75.3 Å². The second-order valence-electron chi connectivity index (χ2n) is 4.69. The van der Waals surface area contributed by atoms with Crippen LogP contribution in [-0.2, 0) is 13.2 Å². The molecule has 0 spiro atoms. The van der Waals surface area contributed by atoms with Crippen molar-refractivity contribution in [3.63, 3.8) is 0 Å². The van der Waals surface area contributed by atoms with Crippen LogP contribution in [0.1, 0.15) is 28.4 Å². The summed E-state index contributed by atoms with van der Waals surface area (Å²) in [6.07, 6.45) is 0. The van der Waals surface area contributed by atoms with Crippen molar-refractivity contribution in [3.8, 4) is 0 Å². The van der Waals surface area contributed by atoms with Crippen molar-refractivity contribution >= 4 is 17.2 Å². The SMILES string of the molecule is CC(=O)c1ccc(NCc2cccc(CO)c2)cc1N. The summed E-state index contributed by atoms with van der Waals surface area (Å²) in [5.74, 6) is -0.0373. The fourth-order valence-corrected chi connectivity index (χ4v) is 2.04. The van der Waals surface area contributed by atoms with Gasteiger partial charge in [-0.05, 0) is 36.2 Å². The molecule has 4 nitrogen and oxygen atoms in total. The lowest BCUT2D eigenvalue weighted by molar-refractivity contribution is 0.101. The monoisotopic (exact) mass is 270 g/mol. The first kappa shape index (κ1) is 14.1. The van der Waals surface area contributed by atoms with Gasteiger partial charge in [0.1, 0.15) is 0 Å². The highest BCUT2D eigenvalue weighted by atomic mass is 16.3. The van der Waals surface area contributed by atoms with Crippen molar-refractivity contribution in [1.82, 2.24) is 0 Å². The third-order valence-electron chi connectivity index (χ3n) is 3.10. The van der Waals surface area contributed by atoms with Crippen molar-refractivity contribution in [1.29, 1.82) is 0 Å². The first-order valence-electron chi connectivity index (χ1n) is 6.43. The predicted octanol–water partition coefficient (Wildman–Crippen LogP) is 2.58. The van der Waals surface area contributed by atoms with Crippen molar-refractivity contribution in [2.75, 3.05) is 11.1 Å². The second kappa shape index (κ2) is 6.21. The molecule has 2 aromatic rings. The van der Waals surface area contributed by atoms with Gasteiger partial charge in [-0.15, -0.1) is 0 Å². The van der Waals surface area contributed by atoms with Gasteiger partial charge in [-0.25, -0.2) is 0 Å². The Morgan fingerprint density at radius 2 is 1.95 bits per heavy atom. The Morgan fingerprint density at radius 3 is 2.60 bits per heavy atom. The molecule has 4 heteroatoms. The molecule has 0 saturated heterocycles. The number of carbonyl (C=O) groups is 1. The number of nitrogens with one attached hydrogen (secondary N) is 1. The largest absolute Gasteiger partial charge is 0.398 e. The molecule has 0 aliphatic rings.